The zero-order valence-electron chi connectivity index (χ0n) is 18.7. The minimum atomic E-state index is -4.46. The molecule has 4 aromatic rings. The Balaban J connectivity index is 1.66. The van der Waals surface area contributed by atoms with Gasteiger partial charge in [0, 0.05) is 24.4 Å². The van der Waals surface area contributed by atoms with Crippen molar-refractivity contribution in [3.8, 4) is 11.3 Å². The fourth-order valence-electron chi connectivity index (χ4n) is 3.71. The Hall–Kier alpha value is -3.72. The molecular formula is C25H24F3N5O. The predicted molar refractivity (Wildman–Crippen MR) is 123 cm³/mol. The zero-order valence-corrected chi connectivity index (χ0v) is 18.7. The van der Waals surface area contributed by atoms with Gasteiger partial charge in [-0.25, -0.2) is 4.98 Å². The van der Waals surface area contributed by atoms with E-state index in [9.17, 15) is 13.2 Å². The molecule has 0 bridgehead atoms. The van der Waals surface area contributed by atoms with Gasteiger partial charge in [0.1, 0.15) is 23.3 Å². The summed E-state index contributed by atoms with van der Waals surface area (Å²) >= 11 is 0. The van der Waals surface area contributed by atoms with Crippen LogP contribution in [0, 0.1) is 0 Å². The van der Waals surface area contributed by atoms with E-state index in [2.05, 4.69) is 25.7 Å². The number of halogens is 3. The second kappa shape index (κ2) is 10.0. The van der Waals surface area contributed by atoms with Crippen LogP contribution < -0.4 is 5.32 Å². The van der Waals surface area contributed by atoms with E-state index in [0.717, 1.165) is 23.3 Å². The molecule has 34 heavy (non-hydrogen) atoms. The lowest BCUT2D eigenvalue weighted by atomic mass is 10.0. The average molecular weight is 467 g/mol. The highest BCUT2D eigenvalue weighted by Gasteiger charge is 2.31. The normalized spacial score (nSPS) is 13.4. The van der Waals surface area contributed by atoms with E-state index in [0.29, 0.717) is 29.4 Å². The van der Waals surface area contributed by atoms with Crippen LogP contribution in [0.3, 0.4) is 0 Å². The monoisotopic (exact) mass is 467 g/mol. The molecular weight excluding hydrogens is 443 g/mol. The van der Waals surface area contributed by atoms with E-state index < -0.39 is 17.8 Å². The zero-order chi connectivity index (χ0) is 24.1. The second-order valence-electron chi connectivity index (χ2n) is 7.72. The highest BCUT2D eigenvalue weighted by molar-refractivity contribution is 5.63. The van der Waals surface area contributed by atoms with Crippen molar-refractivity contribution in [1.29, 1.82) is 0 Å². The minimum absolute atomic E-state index is 0.0159. The molecule has 176 valence electrons. The van der Waals surface area contributed by atoms with Gasteiger partial charge < -0.3 is 10.1 Å². The largest absolute Gasteiger partial charge is 0.416 e. The first-order chi connectivity index (χ1) is 16.4. The number of aromatic amines is 1. The molecule has 0 unspecified atom stereocenters. The van der Waals surface area contributed by atoms with Crippen LogP contribution in [0.15, 0.2) is 72.9 Å². The van der Waals surface area contributed by atoms with Crippen molar-refractivity contribution in [2.45, 2.75) is 32.2 Å². The molecule has 0 aliphatic heterocycles. The summed E-state index contributed by atoms with van der Waals surface area (Å²) in [5.74, 6) is 0.641. The highest BCUT2D eigenvalue weighted by Crippen LogP contribution is 2.35. The molecule has 0 saturated carbocycles. The van der Waals surface area contributed by atoms with Crippen LogP contribution in [0.25, 0.3) is 11.3 Å². The van der Waals surface area contributed by atoms with Crippen molar-refractivity contribution in [3.05, 3.63) is 95.3 Å². The fraction of sp³-hybridized carbons (Fsp3) is 0.240. The van der Waals surface area contributed by atoms with Crippen LogP contribution in [0.5, 0.6) is 0 Å². The number of nitrogens with one attached hydrogen (secondary N) is 2. The maximum absolute atomic E-state index is 13.2. The van der Waals surface area contributed by atoms with Crippen LogP contribution in [0.2, 0.25) is 0 Å². The number of rotatable bonds is 8. The number of hydrogen-bond acceptors (Lipinski definition) is 5. The van der Waals surface area contributed by atoms with Crippen LogP contribution in [-0.4, -0.2) is 27.0 Å². The number of pyridine rings is 1. The number of nitrogens with zero attached hydrogens (tertiary/aromatic N) is 3. The van der Waals surface area contributed by atoms with Crippen molar-refractivity contribution >= 4 is 5.82 Å². The van der Waals surface area contributed by atoms with Gasteiger partial charge in [-0.3, -0.25) is 0 Å². The van der Waals surface area contributed by atoms with Crippen LogP contribution >= 0.6 is 0 Å². The van der Waals surface area contributed by atoms with Crippen LogP contribution in [-0.2, 0) is 10.9 Å². The summed E-state index contributed by atoms with van der Waals surface area (Å²) in [4.78, 5) is 4.41. The second-order valence-corrected chi connectivity index (χ2v) is 7.72. The van der Waals surface area contributed by atoms with Gasteiger partial charge in [0.25, 0.3) is 0 Å². The molecule has 0 fully saturated rings. The molecule has 0 aliphatic rings. The molecule has 0 spiro atoms. The molecule has 2 aromatic carbocycles. The maximum atomic E-state index is 13.2. The molecule has 2 atom stereocenters. The topological polar surface area (TPSA) is 75.7 Å². The summed E-state index contributed by atoms with van der Waals surface area (Å²) in [7, 11) is 0. The molecule has 2 aromatic heterocycles. The Morgan fingerprint density at radius 1 is 0.971 bits per heavy atom. The van der Waals surface area contributed by atoms with Crippen molar-refractivity contribution in [3.63, 3.8) is 0 Å². The summed E-state index contributed by atoms with van der Waals surface area (Å²) in [6.07, 6.45) is -3.45. The van der Waals surface area contributed by atoms with Crippen LogP contribution in [0.4, 0.5) is 19.0 Å². The molecule has 0 amide bonds. The Kier molecular flexibility index (Phi) is 6.93. The molecule has 2 N–H and O–H groups in total. The van der Waals surface area contributed by atoms with E-state index in [1.54, 1.807) is 18.3 Å². The summed E-state index contributed by atoms with van der Waals surface area (Å²) in [5.41, 5.74) is 2.11. The Morgan fingerprint density at radius 3 is 2.50 bits per heavy atom. The molecule has 9 heteroatoms. The Bertz CT molecular complexity index is 1230. The van der Waals surface area contributed by atoms with Gasteiger partial charge in [-0.15, -0.1) is 0 Å². The Morgan fingerprint density at radius 2 is 1.76 bits per heavy atom. The summed E-state index contributed by atoms with van der Waals surface area (Å²) in [6.45, 7) is 4.24. The lowest BCUT2D eigenvalue weighted by Gasteiger charge is -2.19. The molecule has 0 saturated heterocycles. The van der Waals surface area contributed by atoms with Crippen molar-refractivity contribution < 1.29 is 17.9 Å². The smallest absolute Gasteiger partial charge is 0.367 e. The number of hydrogen-bond donors (Lipinski definition) is 2. The SMILES string of the molecule is CCO[C@@H](c1ccnc(N[C@@H](C)c2ccccc2)c1)c1n[nH]nc1-c1cccc(C(F)(F)F)c1. The highest BCUT2D eigenvalue weighted by atomic mass is 19.4. The summed E-state index contributed by atoms with van der Waals surface area (Å²) < 4.78 is 45.7. The van der Waals surface area contributed by atoms with Gasteiger partial charge in [-0.2, -0.15) is 28.6 Å². The minimum Gasteiger partial charge on any atom is -0.367 e. The first-order valence-corrected chi connectivity index (χ1v) is 10.8. The van der Waals surface area contributed by atoms with Crippen molar-refractivity contribution in [1.82, 2.24) is 20.4 Å². The number of anilines is 1. The van der Waals surface area contributed by atoms with Gasteiger partial charge >= 0.3 is 6.18 Å². The standard InChI is InChI=1S/C25H24F3N5O/c1-3-34-24(19-12-13-29-21(15-19)30-16(2)17-8-5-4-6-9-17)23-22(31-33-32-23)18-10-7-11-20(14-18)25(26,27)28/h4-16,24H,3H2,1-2H3,(H,29,30)(H,31,32,33)/t16-,24-/m0/s1. The van der Waals surface area contributed by atoms with E-state index in [4.69, 9.17) is 4.74 Å². The fourth-order valence-corrected chi connectivity index (χ4v) is 3.71. The molecule has 6 nitrogen and oxygen atoms in total. The predicted octanol–water partition coefficient (Wildman–Crippen LogP) is 6.18. The van der Waals surface area contributed by atoms with E-state index in [1.165, 1.54) is 6.07 Å². The molecule has 4 rings (SSSR count). The molecule has 2 heterocycles. The lowest BCUT2D eigenvalue weighted by molar-refractivity contribution is -0.137. The van der Waals surface area contributed by atoms with E-state index >= 15 is 0 Å². The van der Waals surface area contributed by atoms with Gasteiger partial charge in [-0.1, -0.05) is 42.5 Å². The number of H-pyrrole nitrogens is 1. The number of aromatic nitrogens is 4. The van der Waals surface area contributed by atoms with Crippen molar-refractivity contribution in [2.24, 2.45) is 0 Å². The average Bonchev–Trinajstić information content (AvgIpc) is 3.32. The van der Waals surface area contributed by atoms with Gasteiger partial charge in [0.15, 0.2) is 0 Å². The third-order valence-electron chi connectivity index (χ3n) is 5.37. The number of ether oxygens (including phenoxy) is 1. The summed E-state index contributed by atoms with van der Waals surface area (Å²) in [6, 6.07) is 18.6. The van der Waals surface area contributed by atoms with E-state index in [1.807, 2.05) is 50.2 Å². The van der Waals surface area contributed by atoms with E-state index in [-0.39, 0.29) is 6.04 Å². The van der Waals surface area contributed by atoms with Crippen LogP contribution in [0.1, 0.15) is 48.4 Å². The first kappa shape index (κ1) is 23.4. The van der Waals surface area contributed by atoms with Gasteiger partial charge in [-0.05, 0) is 49.2 Å². The third-order valence-corrected chi connectivity index (χ3v) is 5.37. The molecule has 0 aliphatic carbocycles. The maximum Gasteiger partial charge on any atom is 0.416 e. The first-order valence-electron chi connectivity index (χ1n) is 10.8. The third kappa shape index (κ3) is 5.26. The van der Waals surface area contributed by atoms with Gasteiger partial charge in [0.05, 0.1) is 5.56 Å². The van der Waals surface area contributed by atoms with Crippen molar-refractivity contribution in [2.75, 3.05) is 11.9 Å². The lowest BCUT2D eigenvalue weighted by Crippen LogP contribution is -2.11. The number of alkyl halides is 3. The summed E-state index contributed by atoms with van der Waals surface area (Å²) in [5, 5.41) is 14.3. The quantitative estimate of drug-likeness (QED) is 0.323. The number of benzene rings is 2. The van der Waals surface area contributed by atoms with Gasteiger partial charge in [0.2, 0.25) is 0 Å². The Labute approximate surface area is 195 Å². The molecule has 0 radical (unpaired) electrons.